The fourth-order valence-electron chi connectivity index (χ4n) is 2.28. The van der Waals surface area contributed by atoms with E-state index in [4.69, 9.17) is 21.1 Å². The minimum Gasteiger partial charge on any atom is -0.493 e. The summed E-state index contributed by atoms with van der Waals surface area (Å²) in [6.07, 6.45) is 3.99. The van der Waals surface area contributed by atoms with E-state index in [-0.39, 0.29) is 22.3 Å². The van der Waals surface area contributed by atoms with Crippen LogP contribution in [0.5, 0.6) is 17.4 Å². The molecule has 0 radical (unpaired) electrons. The lowest BCUT2D eigenvalue weighted by molar-refractivity contribution is -0.385. The van der Waals surface area contributed by atoms with Gasteiger partial charge in [-0.1, -0.05) is 11.6 Å². The molecule has 0 spiro atoms. The molecule has 30 heavy (non-hydrogen) atoms. The number of methoxy groups -OCH3 is 1. The van der Waals surface area contributed by atoms with Crippen LogP contribution in [0.1, 0.15) is 15.9 Å². The third-order valence-electron chi connectivity index (χ3n) is 3.72. The van der Waals surface area contributed by atoms with Crippen molar-refractivity contribution < 1.29 is 19.2 Å². The zero-order valence-corrected chi connectivity index (χ0v) is 16.2. The highest BCUT2D eigenvalue weighted by Gasteiger charge is 2.11. The molecule has 1 aromatic carbocycles. The maximum atomic E-state index is 12.1. The normalized spacial score (nSPS) is 10.6. The van der Waals surface area contributed by atoms with E-state index in [1.54, 1.807) is 24.3 Å². The van der Waals surface area contributed by atoms with Gasteiger partial charge in [0.1, 0.15) is 11.3 Å². The van der Waals surface area contributed by atoms with Crippen molar-refractivity contribution >= 4 is 29.4 Å². The Morgan fingerprint density at radius 3 is 2.73 bits per heavy atom. The van der Waals surface area contributed by atoms with Crippen LogP contribution in [0.2, 0.25) is 5.15 Å². The number of pyridine rings is 2. The molecule has 0 unspecified atom stereocenters. The molecular weight excluding hydrogens is 414 g/mol. The molecule has 0 fully saturated rings. The minimum atomic E-state index is -0.549. The molecule has 0 bridgehead atoms. The van der Waals surface area contributed by atoms with E-state index < -0.39 is 10.8 Å². The maximum Gasteiger partial charge on any atom is 0.287 e. The number of aromatic nitrogens is 2. The number of amides is 1. The number of halogens is 1. The number of rotatable bonds is 7. The summed E-state index contributed by atoms with van der Waals surface area (Å²) < 4.78 is 10.9. The zero-order chi connectivity index (χ0) is 21.5. The first-order valence-electron chi connectivity index (χ1n) is 8.38. The molecule has 152 valence electrons. The Bertz CT molecular complexity index is 1100. The second-order valence-electron chi connectivity index (χ2n) is 5.67. The van der Waals surface area contributed by atoms with Gasteiger partial charge >= 0.3 is 0 Å². The average molecular weight is 428 g/mol. The zero-order valence-electron chi connectivity index (χ0n) is 15.5. The number of ether oxygens (including phenoxy) is 2. The van der Waals surface area contributed by atoms with Gasteiger partial charge < -0.3 is 9.47 Å². The largest absolute Gasteiger partial charge is 0.493 e. The Kier molecular flexibility index (Phi) is 6.50. The molecule has 0 aliphatic rings. The van der Waals surface area contributed by atoms with Gasteiger partial charge in [-0.15, -0.1) is 0 Å². The van der Waals surface area contributed by atoms with Crippen LogP contribution in [0.3, 0.4) is 0 Å². The van der Waals surface area contributed by atoms with Crippen molar-refractivity contribution in [3.63, 3.8) is 0 Å². The molecule has 1 amide bonds. The summed E-state index contributed by atoms with van der Waals surface area (Å²) in [5, 5.41) is 14.7. The van der Waals surface area contributed by atoms with Gasteiger partial charge in [0.2, 0.25) is 5.88 Å². The minimum absolute atomic E-state index is 0.0771. The number of benzene rings is 1. The second-order valence-corrected chi connectivity index (χ2v) is 6.02. The fraction of sp³-hybridized carbons (Fsp3) is 0.0526. The van der Waals surface area contributed by atoms with Gasteiger partial charge in [0.25, 0.3) is 11.6 Å². The third kappa shape index (κ3) is 5.06. The van der Waals surface area contributed by atoms with Crippen LogP contribution in [0, 0.1) is 10.1 Å². The molecule has 0 atom stereocenters. The molecule has 0 aliphatic carbocycles. The van der Waals surface area contributed by atoms with Crippen LogP contribution in [-0.4, -0.2) is 34.1 Å². The summed E-state index contributed by atoms with van der Waals surface area (Å²) >= 11 is 5.87. The Hall–Kier alpha value is -4.05. The van der Waals surface area contributed by atoms with Crippen molar-refractivity contribution in [2.24, 2.45) is 5.10 Å². The number of carbonyl (C=O) groups is 1. The summed E-state index contributed by atoms with van der Waals surface area (Å²) in [5.74, 6) is 0.393. The first-order valence-corrected chi connectivity index (χ1v) is 8.76. The van der Waals surface area contributed by atoms with Crippen LogP contribution in [-0.2, 0) is 0 Å². The molecule has 3 rings (SSSR count). The lowest BCUT2D eigenvalue weighted by Gasteiger charge is -2.10. The van der Waals surface area contributed by atoms with Crippen molar-refractivity contribution in [2.45, 2.75) is 0 Å². The van der Waals surface area contributed by atoms with Gasteiger partial charge in [0.15, 0.2) is 11.5 Å². The second kappa shape index (κ2) is 9.43. The van der Waals surface area contributed by atoms with E-state index >= 15 is 0 Å². The van der Waals surface area contributed by atoms with Crippen LogP contribution in [0.4, 0.5) is 5.69 Å². The number of hydrogen-bond acceptors (Lipinski definition) is 8. The number of hydrazone groups is 1. The van der Waals surface area contributed by atoms with Gasteiger partial charge in [0.05, 0.1) is 23.8 Å². The fourth-order valence-corrected chi connectivity index (χ4v) is 2.49. The molecule has 2 aromatic heterocycles. The van der Waals surface area contributed by atoms with Crippen LogP contribution < -0.4 is 14.9 Å². The number of nitrogens with one attached hydrogen (secondary N) is 1. The Morgan fingerprint density at radius 1 is 1.23 bits per heavy atom. The van der Waals surface area contributed by atoms with E-state index in [1.807, 2.05) is 0 Å². The predicted octanol–water partition coefficient (Wildman–Crippen LogP) is 3.60. The standard InChI is InChI=1S/C19H14ClN5O5/c1-29-16-9-12(10-23-24-19(26)14-3-2-8-21-18(14)20)4-6-15(16)30-17-7-5-13(11-22-17)25(27)28/h2-11H,1H3,(H,24,26). The number of hydrogen-bond donors (Lipinski definition) is 1. The third-order valence-corrected chi connectivity index (χ3v) is 4.02. The maximum absolute atomic E-state index is 12.1. The quantitative estimate of drug-likeness (QED) is 0.264. The summed E-state index contributed by atoms with van der Waals surface area (Å²) in [7, 11) is 1.46. The van der Waals surface area contributed by atoms with Crippen LogP contribution >= 0.6 is 11.6 Å². The average Bonchev–Trinajstić information content (AvgIpc) is 2.75. The van der Waals surface area contributed by atoms with Crippen molar-refractivity contribution in [3.05, 3.63) is 81.3 Å². The summed E-state index contributed by atoms with van der Waals surface area (Å²) in [6.45, 7) is 0. The molecule has 2 heterocycles. The molecule has 3 aromatic rings. The summed E-state index contributed by atoms with van der Waals surface area (Å²) in [5.41, 5.74) is 3.04. The number of nitrogens with zero attached hydrogens (tertiary/aromatic N) is 4. The highest BCUT2D eigenvalue weighted by Crippen LogP contribution is 2.31. The first kappa shape index (κ1) is 20.7. The molecule has 0 saturated heterocycles. The van der Waals surface area contributed by atoms with Crippen LogP contribution in [0.15, 0.2) is 60.0 Å². The number of nitro groups is 1. The van der Waals surface area contributed by atoms with E-state index in [2.05, 4.69) is 20.5 Å². The number of carbonyl (C=O) groups excluding carboxylic acids is 1. The highest BCUT2D eigenvalue weighted by molar-refractivity contribution is 6.32. The van der Waals surface area contributed by atoms with Crippen molar-refractivity contribution in [1.82, 2.24) is 15.4 Å². The van der Waals surface area contributed by atoms with E-state index in [0.717, 1.165) is 6.20 Å². The van der Waals surface area contributed by atoms with Crippen molar-refractivity contribution in [3.8, 4) is 17.4 Å². The van der Waals surface area contributed by atoms with Gasteiger partial charge in [-0.2, -0.15) is 5.10 Å². The first-order chi connectivity index (χ1) is 14.5. The molecular formula is C19H14ClN5O5. The van der Waals surface area contributed by atoms with Crippen molar-refractivity contribution in [1.29, 1.82) is 0 Å². The Morgan fingerprint density at radius 2 is 2.07 bits per heavy atom. The predicted molar refractivity (Wildman–Crippen MR) is 108 cm³/mol. The SMILES string of the molecule is COc1cc(C=NNC(=O)c2cccnc2Cl)ccc1Oc1ccc([N+](=O)[O-])cn1. The molecule has 0 saturated carbocycles. The smallest absolute Gasteiger partial charge is 0.287 e. The van der Waals surface area contributed by atoms with Crippen molar-refractivity contribution in [2.75, 3.05) is 7.11 Å². The van der Waals surface area contributed by atoms with Gasteiger partial charge in [-0.05, 0) is 35.9 Å². The lowest BCUT2D eigenvalue weighted by atomic mass is 10.2. The van der Waals surface area contributed by atoms with E-state index in [0.29, 0.717) is 17.1 Å². The molecule has 1 N–H and O–H groups in total. The Balaban J connectivity index is 1.69. The van der Waals surface area contributed by atoms with E-state index in [1.165, 1.54) is 37.7 Å². The van der Waals surface area contributed by atoms with Gasteiger partial charge in [-0.25, -0.2) is 15.4 Å². The molecule has 0 aliphatic heterocycles. The van der Waals surface area contributed by atoms with Gasteiger partial charge in [-0.3, -0.25) is 14.9 Å². The highest BCUT2D eigenvalue weighted by atomic mass is 35.5. The van der Waals surface area contributed by atoms with Crippen LogP contribution in [0.25, 0.3) is 0 Å². The topological polar surface area (TPSA) is 129 Å². The monoisotopic (exact) mass is 427 g/mol. The lowest BCUT2D eigenvalue weighted by Crippen LogP contribution is -2.18. The van der Waals surface area contributed by atoms with E-state index in [9.17, 15) is 14.9 Å². The molecule has 11 heteroatoms. The molecule has 10 nitrogen and oxygen atoms in total. The van der Waals surface area contributed by atoms with Gasteiger partial charge in [0, 0.05) is 18.3 Å². The summed E-state index contributed by atoms with van der Waals surface area (Å²) in [6, 6.07) is 10.7. The Labute approximate surface area is 175 Å². The summed E-state index contributed by atoms with van der Waals surface area (Å²) in [4.78, 5) is 29.9.